The molecule has 17 heteroatoms. The summed E-state index contributed by atoms with van der Waals surface area (Å²) in [5.74, 6) is 0. The van der Waals surface area contributed by atoms with Gasteiger partial charge in [0.2, 0.25) is 0 Å². The SMILES string of the molecule is CC(C)(O)CP(c1ccccc1)c1ccccc1.OC(CP(CC(O)(C(F)(F)F)C(F)(F)F)c1ccccc1)(C(F)(F)F)C(F)(F)F. The van der Waals surface area contributed by atoms with Gasteiger partial charge in [0.05, 0.1) is 5.60 Å². The van der Waals surface area contributed by atoms with Crippen LogP contribution in [0.5, 0.6) is 0 Å². The Balaban J connectivity index is 0.000000363. The Hall–Kier alpha value is -2.44. The number of alkyl halides is 12. The molecule has 0 atom stereocenters. The Morgan fingerprint density at radius 3 is 0.915 bits per heavy atom. The summed E-state index contributed by atoms with van der Waals surface area (Å²) in [5, 5.41) is 30.5. The van der Waals surface area contributed by atoms with Crippen molar-refractivity contribution in [3.05, 3.63) is 91.0 Å². The molecule has 0 unspecified atom stereocenters. The molecule has 0 saturated carbocycles. The topological polar surface area (TPSA) is 60.7 Å². The molecular weight excluding hydrogens is 698 g/mol. The largest absolute Gasteiger partial charge is 0.426 e. The van der Waals surface area contributed by atoms with Gasteiger partial charge < -0.3 is 15.3 Å². The molecule has 0 saturated heterocycles. The minimum atomic E-state index is -6.46. The average molecular weight is 728 g/mol. The van der Waals surface area contributed by atoms with E-state index >= 15 is 0 Å². The fourth-order valence-electron chi connectivity index (χ4n) is 4.04. The maximum absolute atomic E-state index is 12.9. The standard InChI is InChI=1S/C16H19OP.C14H11F12O2P/c1-16(2,17)13-18(14-9-5-3-6-10-14)15-11-7-4-8-12-15;15-11(16,17)9(27,12(18,19)20)6-29(8-4-2-1-3-5-8)7-10(28,13(21,22)23)14(24,25)26/h3-12,17H,13H2,1-2H3;1-5,27-28H,6-7H2. The number of aliphatic hydroxyl groups is 3. The maximum Gasteiger partial charge on any atom is 0.426 e. The molecular formula is C30H30F12O3P2. The Morgan fingerprint density at radius 1 is 0.426 bits per heavy atom. The Morgan fingerprint density at radius 2 is 0.681 bits per heavy atom. The van der Waals surface area contributed by atoms with Crippen molar-refractivity contribution in [2.75, 3.05) is 18.5 Å². The van der Waals surface area contributed by atoms with E-state index in [4.69, 9.17) is 0 Å². The number of hydrogen-bond donors (Lipinski definition) is 3. The van der Waals surface area contributed by atoms with E-state index < -0.39 is 75.0 Å². The highest BCUT2D eigenvalue weighted by Gasteiger charge is 2.74. The van der Waals surface area contributed by atoms with Crippen molar-refractivity contribution in [1.82, 2.24) is 0 Å². The van der Waals surface area contributed by atoms with Gasteiger partial charge in [0.15, 0.2) is 0 Å². The number of hydrogen-bond acceptors (Lipinski definition) is 3. The second-order valence-corrected chi connectivity index (χ2v) is 15.4. The van der Waals surface area contributed by atoms with Crippen LogP contribution >= 0.6 is 15.8 Å². The van der Waals surface area contributed by atoms with Crippen molar-refractivity contribution in [2.24, 2.45) is 0 Å². The average Bonchev–Trinajstić information content (AvgIpc) is 2.94. The van der Waals surface area contributed by atoms with Crippen LogP contribution in [0.1, 0.15) is 13.8 Å². The molecule has 3 rings (SSSR count). The monoisotopic (exact) mass is 728 g/mol. The van der Waals surface area contributed by atoms with Gasteiger partial charge in [-0.2, -0.15) is 52.7 Å². The molecule has 0 aliphatic heterocycles. The van der Waals surface area contributed by atoms with E-state index in [1.807, 2.05) is 26.0 Å². The molecule has 3 nitrogen and oxygen atoms in total. The predicted molar refractivity (Wildman–Crippen MR) is 157 cm³/mol. The molecule has 0 spiro atoms. The van der Waals surface area contributed by atoms with Crippen molar-refractivity contribution < 1.29 is 68.0 Å². The van der Waals surface area contributed by atoms with Gasteiger partial charge in [-0.05, 0) is 37.7 Å². The maximum atomic E-state index is 12.9. The summed E-state index contributed by atoms with van der Waals surface area (Å²) in [6, 6.07) is 25.4. The molecule has 0 radical (unpaired) electrons. The van der Waals surface area contributed by atoms with Gasteiger partial charge in [-0.1, -0.05) is 98.9 Å². The fourth-order valence-corrected chi connectivity index (χ4v) is 9.44. The molecule has 0 aliphatic carbocycles. The lowest BCUT2D eigenvalue weighted by molar-refractivity contribution is -0.360. The summed E-state index contributed by atoms with van der Waals surface area (Å²) in [7, 11) is -4.16. The van der Waals surface area contributed by atoms with E-state index in [-0.39, 0.29) is 0 Å². The van der Waals surface area contributed by atoms with Crippen molar-refractivity contribution in [1.29, 1.82) is 0 Å². The first-order valence-corrected chi connectivity index (χ1v) is 16.6. The lowest BCUT2D eigenvalue weighted by Crippen LogP contribution is -2.62. The normalized spacial score (nSPS) is 13.9. The molecule has 262 valence electrons. The summed E-state index contributed by atoms with van der Waals surface area (Å²) in [6.07, 6.45) is -30.2. The molecule has 0 aromatic heterocycles. The van der Waals surface area contributed by atoms with Gasteiger partial charge in [-0.15, -0.1) is 0 Å². The Kier molecular flexibility index (Phi) is 13.0. The van der Waals surface area contributed by atoms with E-state index in [2.05, 4.69) is 48.5 Å². The van der Waals surface area contributed by atoms with Gasteiger partial charge in [0.1, 0.15) is 0 Å². The summed E-state index contributed by atoms with van der Waals surface area (Å²) in [6.45, 7) is 3.77. The minimum absolute atomic E-state index is 0.489. The molecule has 0 aliphatic rings. The summed E-state index contributed by atoms with van der Waals surface area (Å²) < 4.78 is 155. The van der Waals surface area contributed by atoms with Crippen LogP contribution in [0.15, 0.2) is 91.0 Å². The van der Waals surface area contributed by atoms with Crippen LogP contribution in [0.4, 0.5) is 52.7 Å². The smallest absolute Gasteiger partial charge is 0.390 e. The molecule has 3 aromatic carbocycles. The van der Waals surface area contributed by atoms with Crippen LogP contribution in [0, 0.1) is 0 Å². The first-order chi connectivity index (χ1) is 21.2. The summed E-state index contributed by atoms with van der Waals surface area (Å²) >= 11 is 0. The number of benzene rings is 3. The van der Waals surface area contributed by atoms with E-state index in [9.17, 15) is 68.0 Å². The van der Waals surface area contributed by atoms with E-state index in [1.165, 1.54) is 10.6 Å². The molecule has 47 heavy (non-hydrogen) atoms. The summed E-state index contributed by atoms with van der Waals surface area (Å²) in [4.78, 5) is 0. The van der Waals surface area contributed by atoms with Crippen LogP contribution in [0.2, 0.25) is 0 Å². The highest BCUT2D eigenvalue weighted by atomic mass is 31.1. The van der Waals surface area contributed by atoms with Crippen LogP contribution in [-0.2, 0) is 0 Å². The lowest BCUT2D eigenvalue weighted by atomic mass is 10.1. The van der Waals surface area contributed by atoms with E-state index in [1.54, 1.807) is 0 Å². The molecule has 0 fully saturated rings. The zero-order valence-corrected chi connectivity index (χ0v) is 26.3. The molecule has 3 N–H and O–H groups in total. The predicted octanol–water partition coefficient (Wildman–Crippen LogP) is 7.40. The summed E-state index contributed by atoms with van der Waals surface area (Å²) in [5.41, 5.74) is -11.8. The minimum Gasteiger partial charge on any atom is -0.390 e. The van der Waals surface area contributed by atoms with Gasteiger partial charge in [-0.25, -0.2) is 0 Å². The van der Waals surface area contributed by atoms with Crippen LogP contribution < -0.4 is 15.9 Å². The number of halogens is 12. The van der Waals surface area contributed by atoms with Crippen molar-refractivity contribution in [3.63, 3.8) is 0 Å². The van der Waals surface area contributed by atoms with Crippen molar-refractivity contribution >= 4 is 31.8 Å². The highest BCUT2D eigenvalue weighted by molar-refractivity contribution is 7.73. The van der Waals surface area contributed by atoms with Gasteiger partial charge >= 0.3 is 24.7 Å². The molecule has 3 aromatic rings. The van der Waals surface area contributed by atoms with E-state index in [0.29, 0.717) is 12.1 Å². The fraction of sp³-hybridized carbons (Fsp3) is 0.400. The third-order valence-corrected chi connectivity index (χ3v) is 12.2. The first kappa shape index (κ1) is 40.7. The Bertz CT molecular complexity index is 1270. The third kappa shape index (κ3) is 10.5. The molecule has 0 amide bonds. The van der Waals surface area contributed by atoms with Crippen molar-refractivity contribution in [2.45, 2.75) is 55.4 Å². The third-order valence-electron chi connectivity index (χ3n) is 6.52. The van der Waals surface area contributed by atoms with E-state index in [0.717, 1.165) is 24.4 Å². The number of rotatable bonds is 9. The zero-order chi connectivity index (χ0) is 36.1. The quantitative estimate of drug-likeness (QED) is 0.159. The van der Waals surface area contributed by atoms with Crippen LogP contribution in [0.25, 0.3) is 0 Å². The molecule has 0 heterocycles. The van der Waals surface area contributed by atoms with Crippen LogP contribution in [-0.4, -0.2) is 75.3 Å². The Labute approximate surface area is 264 Å². The van der Waals surface area contributed by atoms with Gasteiger partial charge in [0, 0.05) is 18.5 Å². The van der Waals surface area contributed by atoms with Gasteiger partial charge in [-0.3, -0.25) is 0 Å². The highest BCUT2D eigenvalue weighted by Crippen LogP contribution is 2.55. The van der Waals surface area contributed by atoms with Gasteiger partial charge in [0.25, 0.3) is 11.2 Å². The molecule has 0 bridgehead atoms. The lowest BCUT2D eigenvalue weighted by Gasteiger charge is -2.39. The van der Waals surface area contributed by atoms with Crippen molar-refractivity contribution in [3.8, 4) is 0 Å². The second kappa shape index (κ2) is 15.0. The second-order valence-electron chi connectivity index (χ2n) is 11.0. The van der Waals surface area contributed by atoms with Crippen LogP contribution in [0.3, 0.4) is 0 Å². The first-order valence-electron chi connectivity index (χ1n) is 13.4. The zero-order valence-electron chi connectivity index (χ0n) is 24.6.